The second-order valence-corrected chi connectivity index (χ2v) is 3.80. The van der Waals surface area contributed by atoms with Crippen LogP contribution in [0.1, 0.15) is 19.3 Å². The van der Waals surface area contributed by atoms with E-state index in [0.717, 1.165) is 18.6 Å². The summed E-state index contributed by atoms with van der Waals surface area (Å²) in [7, 11) is 0. The van der Waals surface area contributed by atoms with Crippen LogP contribution in [0.15, 0.2) is 30.3 Å². The largest absolute Gasteiger partial charge is 0.491 e. The number of carbonyl (C=O) groups excluding carboxylic acids is 1. The van der Waals surface area contributed by atoms with Crippen LogP contribution in [-0.4, -0.2) is 25.7 Å². The first-order chi connectivity index (χ1) is 8.83. The summed E-state index contributed by atoms with van der Waals surface area (Å²) in [5, 5.41) is 0. The molecule has 0 atom stereocenters. The minimum Gasteiger partial charge on any atom is -0.491 e. The average Bonchev–Trinajstić information content (AvgIpc) is 2.42. The molecule has 1 rings (SSSR count). The van der Waals surface area contributed by atoms with Gasteiger partial charge in [-0.05, 0) is 25.0 Å². The zero-order valence-corrected chi connectivity index (χ0v) is 10.4. The van der Waals surface area contributed by atoms with Crippen molar-refractivity contribution in [2.24, 2.45) is 5.84 Å². The molecule has 1 aromatic rings. The molecule has 0 radical (unpaired) electrons. The van der Waals surface area contributed by atoms with Crippen LogP contribution in [0.3, 0.4) is 0 Å². The number of ether oxygens (including phenoxy) is 2. The summed E-state index contributed by atoms with van der Waals surface area (Å²) in [5.74, 6) is 5.67. The van der Waals surface area contributed by atoms with Gasteiger partial charge in [0.1, 0.15) is 12.4 Å². The van der Waals surface area contributed by atoms with Gasteiger partial charge in [-0.15, -0.1) is 0 Å². The molecule has 5 heteroatoms. The van der Waals surface area contributed by atoms with Crippen molar-refractivity contribution in [2.75, 3.05) is 19.8 Å². The van der Waals surface area contributed by atoms with Crippen LogP contribution in [0, 0.1) is 0 Å². The van der Waals surface area contributed by atoms with Gasteiger partial charge in [0.2, 0.25) is 5.91 Å². The van der Waals surface area contributed by atoms with E-state index in [1.165, 1.54) is 0 Å². The first-order valence-electron chi connectivity index (χ1n) is 6.08. The molecule has 0 saturated carbocycles. The number of unbranched alkanes of at least 4 members (excludes halogenated alkanes) is 1. The molecule has 0 aliphatic rings. The minimum atomic E-state index is -0.137. The summed E-state index contributed by atoms with van der Waals surface area (Å²) in [6, 6.07) is 9.62. The maximum atomic E-state index is 10.8. The number of amides is 1. The van der Waals surface area contributed by atoms with Crippen LogP contribution in [0.25, 0.3) is 0 Å². The number of nitrogens with one attached hydrogen (secondary N) is 1. The van der Waals surface area contributed by atoms with Gasteiger partial charge in [-0.25, -0.2) is 5.84 Å². The highest BCUT2D eigenvalue weighted by atomic mass is 16.5. The lowest BCUT2D eigenvalue weighted by molar-refractivity contribution is -0.121. The highest BCUT2D eigenvalue weighted by Crippen LogP contribution is 2.07. The number of benzene rings is 1. The molecule has 1 amide bonds. The molecule has 0 spiro atoms. The molecule has 0 aliphatic heterocycles. The normalized spacial score (nSPS) is 10.1. The quantitative estimate of drug-likeness (QED) is 0.300. The number of rotatable bonds is 9. The summed E-state index contributed by atoms with van der Waals surface area (Å²) in [4.78, 5) is 10.8. The Labute approximate surface area is 107 Å². The van der Waals surface area contributed by atoms with Gasteiger partial charge in [0.05, 0.1) is 6.61 Å². The second kappa shape index (κ2) is 9.44. The van der Waals surface area contributed by atoms with E-state index in [-0.39, 0.29) is 5.91 Å². The van der Waals surface area contributed by atoms with E-state index in [1.807, 2.05) is 30.3 Å². The summed E-state index contributed by atoms with van der Waals surface area (Å²) < 4.78 is 10.8. The molecule has 0 bridgehead atoms. The van der Waals surface area contributed by atoms with E-state index < -0.39 is 0 Å². The Morgan fingerprint density at radius 3 is 2.61 bits per heavy atom. The number of hydrogen-bond acceptors (Lipinski definition) is 4. The van der Waals surface area contributed by atoms with Gasteiger partial charge in [-0.3, -0.25) is 10.2 Å². The zero-order valence-electron chi connectivity index (χ0n) is 10.4. The van der Waals surface area contributed by atoms with Crippen LogP contribution >= 0.6 is 0 Å². The standard InChI is InChI=1S/C13H20N2O3/c14-15-13(16)8-4-5-9-17-10-11-18-12-6-2-1-3-7-12/h1-3,6-7H,4-5,8-11,14H2,(H,15,16). The molecular formula is C13H20N2O3. The topological polar surface area (TPSA) is 73.6 Å². The van der Waals surface area contributed by atoms with Gasteiger partial charge < -0.3 is 9.47 Å². The van der Waals surface area contributed by atoms with Gasteiger partial charge in [0.15, 0.2) is 0 Å². The zero-order chi connectivity index (χ0) is 13.1. The smallest absolute Gasteiger partial charge is 0.233 e. The molecule has 0 saturated heterocycles. The molecule has 0 aromatic heterocycles. The third-order valence-corrected chi connectivity index (χ3v) is 2.34. The lowest BCUT2D eigenvalue weighted by Crippen LogP contribution is -2.29. The predicted molar refractivity (Wildman–Crippen MR) is 68.9 cm³/mol. The van der Waals surface area contributed by atoms with E-state index in [1.54, 1.807) is 0 Å². The maximum Gasteiger partial charge on any atom is 0.233 e. The molecule has 5 nitrogen and oxygen atoms in total. The molecule has 1 aromatic carbocycles. The predicted octanol–water partition coefficient (Wildman–Crippen LogP) is 1.24. The lowest BCUT2D eigenvalue weighted by atomic mass is 10.2. The van der Waals surface area contributed by atoms with Crippen LogP contribution in [0.5, 0.6) is 5.75 Å². The van der Waals surface area contributed by atoms with E-state index in [2.05, 4.69) is 5.43 Å². The Morgan fingerprint density at radius 2 is 1.89 bits per heavy atom. The number of para-hydroxylation sites is 1. The fraction of sp³-hybridized carbons (Fsp3) is 0.462. The van der Waals surface area contributed by atoms with Gasteiger partial charge in [0.25, 0.3) is 0 Å². The van der Waals surface area contributed by atoms with Crippen molar-refractivity contribution in [2.45, 2.75) is 19.3 Å². The highest BCUT2D eigenvalue weighted by Gasteiger charge is 1.97. The van der Waals surface area contributed by atoms with Crippen molar-refractivity contribution in [1.82, 2.24) is 5.43 Å². The van der Waals surface area contributed by atoms with Crippen molar-refractivity contribution < 1.29 is 14.3 Å². The number of carbonyl (C=O) groups is 1. The van der Waals surface area contributed by atoms with Gasteiger partial charge >= 0.3 is 0 Å². The highest BCUT2D eigenvalue weighted by molar-refractivity contribution is 5.74. The monoisotopic (exact) mass is 252 g/mol. The Bertz CT molecular complexity index is 330. The molecule has 0 unspecified atom stereocenters. The van der Waals surface area contributed by atoms with Crippen LogP contribution < -0.4 is 16.0 Å². The Hall–Kier alpha value is -1.59. The maximum absolute atomic E-state index is 10.8. The first-order valence-corrected chi connectivity index (χ1v) is 6.08. The summed E-state index contributed by atoms with van der Waals surface area (Å²) >= 11 is 0. The van der Waals surface area contributed by atoms with Gasteiger partial charge in [-0.1, -0.05) is 18.2 Å². The molecule has 0 fully saturated rings. The summed E-state index contributed by atoms with van der Waals surface area (Å²) in [6.45, 7) is 1.72. The summed E-state index contributed by atoms with van der Waals surface area (Å²) in [6.07, 6.45) is 2.07. The number of hydrogen-bond donors (Lipinski definition) is 2. The third kappa shape index (κ3) is 6.88. The van der Waals surface area contributed by atoms with Crippen molar-refractivity contribution >= 4 is 5.91 Å². The first kappa shape index (κ1) is 14.5. The average molecular weight is 252 g/mol. The van der Waals surface area contributed by atoms with E-state index in [9.17, 15) is 4.79 Å². The van der Waals surface area contributed by atoms with Crippen molar-refractivity contribution in [1.29, 1.82) is 0 Å². The molecular weight excluding hydrogens is 232 g/mol. The fourth-order valence-electron chi connectivity index (χ4n) is 1.40. The lowest BCUT2D eigenvalue weighted by Gasteiger charge is -2.06. The van der Waals surface area contributed by atoms with Crippen LogP contribution in [0.2, 0.25) is 0 Å². The van der Waals surface area contributed by atoms with Gasteiger partial charge in [0, 0.05) is 13.0 Å². The van der Waals surface area contributed by atoms with E-state index >= 15 is 0 Å². The Morgan fingerprint density at radius 1 is 1.11 bits per heavy atom. The van der Waals surface area contributed by atoms with Gasteiger partial charge in [-0.2, -0.15) is 0 Å². The minimum absolute atomic E-state index is 0.137. The Balaban J connectivity index is 1.89. The second-order valence-electron chi connectivity index (χ2n) is 3.80. The van der Waals surface area contributed by atoms with Crippen LogP contribution in [0.4, 0.5) is 0 Å². The third-order valence-electron chi connectivity index (χ3n) is 2.34. The van der Waals surface area contributed by atoms with Crippen molar-refractivity contribution in [3.8, 4) is 5.75 Å². The number of hydrazine groups is 1. The fourth-order valence-corrected chi connectivity index (χ4v) is 1.40. The van der Waals surface area contributed by atoms with E-state index in [4.69, 9.17) is 15.3 Å². The molecule has 18 heavy (non-hydrogen) atoms. The Kier molecular flexibility index (Phi) is 7.59. The van der Waals surface area contributed by atoms with Crippen molar-refractivity contribution in [3.05, 3.63) is 30.3 Å². The summed E-state index contributed by atoms with van der Waals surface area (Å²) in [5.41, 5.74) is 2.09. The molecule has 100 valence electrons. The molecule has 0 aliphatic carbocycles. The number of nitrogens with two attached hydrogens (primary N) is 1. The molecule has 3 N–H and O–H groups in total. The van der Waals surface area contributed by atoms with Crippen LogP contribution in [-0.2, 0) is 9.53 Å². The van der Waals surface area contributed by atoms with Crippen molar-refractivity contribution in [3.63, 3.8) is 0 Å². The molecule has 0 heterocycles. The van der Waals surface area contributed by atoms with E-state index in [0.29, 0.717) is 26.2 Å². The SMILES string of the molecule is NNC(=O)CCCCOCCOc1ccccc1.